The molecule has 0 fully saturated rings. The third-order valence-electron chi connectivity index (χ3n) is 3.56. The molecule has 0 radical (unpaired) electrons. The van der Waals surface area contributed by atoms with Gasteiger partial charge in [0.2, 0.25) is 11.1 Å². The Morgan fingerprint density at radius 1 is 1.04 bits per heavy atom. The normalized spacial score (nSPS) is 9.88. The minimum absolute atomic E-state index is 0. The van der Waals surface area contributed by atoms with Gasteiger partial charge >= 0.3 is 5.69 Å². The van der Waals surface area contributed by atoms with E-state index in [-0.39, 0.29) is 12.4 Å². The molecule has 2 aromatic carbocycles. The fourth-order valence-corrected chi connectivity index (χ4v) is 2.78. The lowest BCUT2D eigenvalue weighted by molar-refractivity contribution is -0.00000600. The Balaban J connectivity index is 0.00000312. The van der Waals surface area contributed by atoms with Crippen molar-refractivity contribution in [3.05, 3.63) is 40.9 Å². The Hall–Kier alpha value is -1.90. The Labute approximate surface area is 161 Å². The first-order valence-electron chi connectivity index (χ1n) is 8.20. The fourth-order valence-electron chi connectivity index (χ4n) is 2.36. The second-order valence-electron chi connectivity index (χ2n) is 5.61. The van der Waals surface area contributed by atoms with E-state index in [1.54, 1.807) is 6.07 Å². The molecule has 0 aliphatic heterocycles. The van der Waals surface area contributed by atoms with Crippen LogP contribution in [0.25, 0.3) is 16.1 Å². The van der Waals surface area contributed by atoms with Crippen molar-refractivity contribution in [2.45, 2.75) is 38.5 Å². The summed E-state index contributed by atoms with van der Waals surface area (Å²) in [6.07, 6.45) is 1.74. The first-order valence-corrected chi connectivity index (χ1v) is 8.64. The van der Waals surface area contributed by atoms with Crippen molar-refractivity contribution in [2.75, 3.05) is 13.2 Å². The number of diazo groups is 1. The van der Waals surface area contributed by atoms with Crippen LogP contribution in [0.1, 0.15) is 32.3 Å². The molecule has 6 heteroatoms. The highest BCUT2D eigenvalue weighted by molar-refractivity contribution is 7.80. The van der Waals surface area contributed by atoms with Gasteiger partial charge in [0.25, 0.3) is 0 Å². The summed E-state index contributed by atoms with van der Waals surface area (Å²) in [5.74, 6) is 1.12. The largest absolute Gasteiger partial charge is 1.00 e. The Kier molecular flexibility index (Phi) is 8.60. The molecule has 0 aromatic heterocycles. The van der Waals surface area contributed by atoms with Crippen LogP contribution in [0.4, 0.5) is 5.69 Å². The highest BCUT2D eigenvalue weighted by Gasteiger charge is 2.26. The SMILES string of the molecule is CCCOc1cc([N+]#N)c(OCCC)c(S)c1-c1ccc(C)cc1.[Cl-]. The number of ether oxygens (including phenoxy) is 2. The van der Waals surface area contributed by atoms with Gasteiger partial charge in [-0.1, -0.05) is 43.7 Å². The zero-order chi connectivity index (χ0) is 17.5. The number of aryl methyl sites for hydroxylation is 1. The summed E-state index contributed by atoms with van der Waals surface area (Å²) in [6.45, 7) is 7.21. The molecule has 0 bridgehead atoms. The maximum Gasteiger partial charge on any atom is 0.431 e. The van der Waals surface area contributed by atoms with Gasteiger partial charge in [0, 0.05) is 5.56 Å². The molecular weight excluding hydrogens is 356 g/mol. The average molecular weight is 379 g/mol. The van der Waals surface area contributed by atoms with Crippen LogP contribution in [-0.2, 0) is 0 Å². The third-order valence-corrected chi connectivity index (χ3v) is 3.99. The summed E-state index contributed by atoms with van der Waals surface area (Å²) >= 11 is 4.66. The number of hydrogen-bond acceptors (Lipinski definition) is 4. The molecule has 0 N–H and O–H groups in total. The number of benzene rings is 2. The van der Waals surface area contributed by atoms with E-state index in [9.17, 15) is 5.39 Å². The van der Waals surface area contributed by atoms with E-state index in [2.05, 4.69) is 17.6 Å². The number of hydrogen-bond donors (Lipinski definition) is 1. The van der Waals surface area contributed by atoms with Crippen LogP contribution in [0, 0.1) is 12.3 Å². The van der Waals surface area contributed by atoms with Gasteiger partial charge in [0.1, 0.15) is 5.75 Å². The topological polar surface area (TPSA) is 46.6 Å². The molecule has 0 aliphatic rings. The summed E-state index contributed by atoms with van der Waals surface area (Å²) in [6, 6.07) is 9.85. The molecule has 0 aliphatic carbocycles. The van der Waals surface area contributed by atoms with Crippen molar-refractivity contribution in [1.82, 2.24) is 0 Å². The third kappa shape index (κ3) is 5.04. The van der Waals surface area contributed by atoms with Crippen molar-refractivity contribution in [1.29, 1.82) is 5.39 Å². The minimum atomic E-state index is 0. The predicted octanol–water partition coefficient (Wildman–Crippen LogP) is 3.02. The molecular formula is C19H23ClN2O2S. The molecule has 0 atom stereocenters. The number of rotatable bonds is 7. The number of nitrogens with zero attached hydrogens (tertiary/aromatic N) is 2. The van der Waals surface area contributed by atoms with Crippen molar-refractivity contribution in [2.24, 2.45) is 0 Å². The van der Waals surface area contributed by atoms with Crippen LogP contribution in [0.15, 0.2) is 35.2 Å². The Bertz CT molecular complexity index is 743. The molecule has 0 heterocycles. The molecule has 0 saturated carbocycles. The van der Waals surface area contributed by atoms with E-state index in [0.717, 1.165) is 24.0 Å². The summed E-state index contributed by atoms with van der Waals surface area (Å²) < 4.78 is 11.6. The smallest absolute Gasteiger partial charge is 0.431 e. The molecule has 4 nitrogen and oxygen atoms in total. The average Bonchev–Trinajstić information content (AvgIpc) is 2.59. The summed E-state index contributed by atoms with van der Waals surface area (Å²) in [7, 11) is 0. The molecule has 2 aromatic rings. The van der Waals surface area contributed by atoms with E-state index < -0.39 is 0 Å². The zero-order valence-corrected chi connectivity index (χ0v) is 16.4. The highest BCUT2D eigenvalue weighted by atomic mass is 35.5. The van der Waals surface area contributed by atoms with Gasteiger partial charge in [-0.3, -0.25) is 0 Å². The first-order chi connectivity index (χ1) is 11.6. The van der Waals surface area contributed by atoms with E-state index in [1.807, 2.05) is 45.0 Å². The van der Waals surface area contributed by atoms with Crippen molar-refractivity contribution < 1.29 is 21.9 Å². The van der Waals surface area contributed by atoms with Gasteiger partial charge in [-0.05, 0) is 25.3 Å². The monoisotopic (exact) mass is 378 g/mol. The zero-order valence-electron chi connectivity index (χ0n) is 14.8. The lowest BCUT2D eigenvalue weighted by atomic mass is 10.0. The molecule has 134 valence electrons. The summed E-state index contributed by atoms with van der Waals surface area (Å²) in [5, 5.41) is 9.35. The highest BCUT2D eigenvalue weighted by Crippen LogP contribution is 2.47. The van der Waals surface area contributed by atoms with Crippen molar-refractivity contribution in [3.8, 4) is 22.6 Å². The number of thiol groups is 1. The summed E-state index contributed by atoms with van der Waals surface area (Å²) in [5.41, 5.74) is 3.35. The standard InChI is InChI=1S/C19H22N2O2S.ClH/c1-4-10-22-16-12-15(21-20)18(23-11-5-2)19(24)17(16)14-8-6-13(3)7-9-14;/h6-9,12H,4-5,10-11H2,1-3H3;1H. The van der Waals surface area contributed by atoms with Crippen LogP contribution in [0.2, 0.25) is 0 Å². The second-order valence-corrected chi connectivity index (χ2v) is 6.06. The minimum Gasteiger partial charge on any atom is -1.00 e. The van der Waals surface area contributed by atoms with Gasteiger partial charge in [-0.2, -0.15) is 0 Å². The molecule has 0 amide bonds. The lowest BCUT2D eigenvalue weighted by Gasteiger charge is -2.15. The molecule has 2 rings (SSSR count). The van der Waals surface area contributed by atoms with Crippen molar-refractivity contribution >= 4 is 18.3 Å². The molecule has 25 heavy (non-hydrogen) atoms. The quantitative estimate of drug-likeness (QED) is 0.595. The van der Waals surface area contributed by atoms with E-state index in [4.69, 9.17) is 9.47 Å². The predicted molar refractivity (Wildman–Crippen MR) is 100 cm³/mol. The van der Waals surface area contributed by atoms with E-state index in [0.29, 0.717) is 35.3 Å². The fraction of sp³-hybridized carbons (Fsp3) is 0.368. The van der Waals surface area contributed by atoms with Gasteiger partial charge in [0.05, 0.1) is 24.2 Å². The van der Waals surface area contributed by atoms with Gasteiger partial charge in [0.15, 0.2) is 4.98 Å². The first kappa shape index (κ1) is 21.1. The van der Waals surface area contributed by atoms with E-state index in [1.165, 1.54) is 5.56 Å². The maximum absolute atomic E-state index is 9.35. The van der Waals surface area contributed by atoms with Crippen LogP contribution < -0.4 is 21.9 Å². The molecule has 0 unspecified atom stereocenters. The Morgan fingerprint density at radius 3 is 2.20 bits per heavy atom. The Morgan fingerprint density at radius 2 is 1.64 bits per heavy atom. The second kappa shape index (κ2) is 10.2. The van der Waals surface area contributed by atoms with Crippen LogP contribution in [-0.4, -0.2) is 13.2 Å². The van der Waals surface area contributed by atoms with Gasteiger partial charge < -0.3 is 21.9 Å². The molecule has 0 saturated heterocycles. The van der Waals surface area contributed by atoms with Crippen LogP contribution in [0.3, 0.4) is 0 Å². The van der Waals surface area contributed by atoms with Gasteiger partial charge in [-0.25, -0.2) is 0 Å². The van der Waals surface area contributed by atoms with Crippen LogP contribution >= 0.6 is 12.6 Å². The van der Waals surface area contributed by atoms with Gasteiger partial charge in [-0.15, -0.1) is 12.6 Å². The molecule has 0 spiro atoms. The lowest BCUT2D eigenvalue weighted by Crippen LogP contribution is -3.00. The van der Waals surface area contributed by atoms with E-state index >= 15 is 0 Å². The van der Waals surface area contributed by atoms with Crippen molar-refractivity contribution in [3.63, 3.8) is 0 Å². The number of halogens is 1. The maximum atomic E-state index is 9.35. The van der Waals surface area contributed by atoms with Crippen LogP contribution in [0.5, 0.6) is 11.5 Å². The summed E-state index contributed by atoms with van der Waals surface area (Å²) in [4.78, 5) is 3.97.